The summed E-state index contributed by atoms with van der Waals surface area (Å²) in [5.41, 5.74) is 2.83. The number of anilines is 1. The van der Waals surface area contributed by atoms with Crippen LogP contribution < -0.4 is 10.1 Å². The normalized spacial score (nSPS) is 10.7. The predicted molar refractivity (Wildman–Crippen MR) is 111 cm³/mol. The molecule has 0 fully saturated rings. The van der Waals surface area contributed by atoms with E-state index in [1.807, 2.05) is 31.2 Å². The summed E-state index contributed by atoms with van der Waals surface area (Å²) in [4.78, 5) is 26.6. The molecule has 7 heteroatoms. The minimum Gasteiger partial charge on any atom is -0.485 e. The number of nitro benzene ring substituents is 1. The molecule has 0 bridgehead atoms. The number of nitrogens with one attached hydrogen (secondary N) is 1. The van der Waals surface area contributed by atoms with E-state index in [9.17, 15) is 14.9 Å². The van der Waals surface area contributed by atoms with Gasteiger partial charge in [-0.2, -0.15) is 0 Å². The lowest BCUT2D eigenvalue weighted by molar-refractivity contribution is -0.384. The highest BCUT2D eigenvalue weighted by molar-refractivity contribution is 6.02. The minimum absolute atomic E-state index is 0.00414. The van der Waals surface area contributed by atoms with E-state index >= 15 is 0 Å². The number of hydrogen-bond acceptors (Lipinski definition) is 5. The fraction of sp³-hybridized carbons (Fsp3) is 0.0909. The van der Waals surface area contributed by atoms with Crippen LogP contribution in [0.15, 0.2) is 72.9 Å². The fourth-order valence-electron chi connectivity index (χ4n) is 2.57. The van der Waals surface area contributed by atoms with E-state index in [4.69, 9.17) is 4.74 Å². The summed E-state index contributed by atoms with van der Waals surface area (Å²) in [6.07, 6.45) is 4.47. The van der Waals surface area contributed by atoms with Crippen LogP contribution in [0.2, 0.25) is 0 Å². The van der Waals surface area contributed by atoms with Crippen LogP contribution in [-0.2, 0) is 11.4 Å². The lowest BCUT2D eigenvalue weighted by atomic mass is 10.1. The molecule has 1 N–H and O–H groups in total. The first kappa shape index (κ1) is 19.8. The number of carbonyl (C=O) groups is 1. The van der Waals surface area contributed by atoms with Gasteiger partial charge in [0, 0.05) is 24.4 Å². The third kappa shape index (κ3) is 5.49. The molecule has 29 heavy (non-hydrogen) atoms. The van der Waals surface area contributed by atoms with Crippen LogP contribution in [0.4, 0.5) is 11.5 Å². The molecule has 0 unspecified atom stereocenters. The Bertz CT molecular complexity index is 1050. The average molecular weight is 389 g/mol. The summed E-state index contributed by atoms with van der Waals surface area (Å²) < 4.78 is 5.84. The maximum atomic E-state index is 12.2. The van der Waals surface area contributed by atoms with Gasteiger partial charge in [0.1, 0.15) is 6.61 Å². The Morgan fingerprint density at radius 2 is 1.90 bits per heavy atom. The highest BCUT2D eigenvalue weighted by atomic mass is 16.6. The number of amides is 1. The number of aryl methyl sites for hydroxylation is 1. The standard InChI is InChI=1S/C22H19N3O4/c1-16-5-2-3-6-18(16)15-29-20-7-4-14-23-22(20)24-21(26)13-10-17-8-11-19(12-9-17)25(27)28/h2-14H,15H2,1H3,(H,23,24,26)/b13-10+. The van der Waals surface area contributed by atoms with Gasteiger partial charge in [-0.15, -0.1) is 0 Å². The van der Waals surface area contributed by atoms with E-state index in [2.05, 4.69) is 10.3 Å². The van der Waals surface area contributed by atoms with Gasteiger partial charge in [0.15, 0.2) is 11.6 Å². The molecular weight excluding hydrogens is 370 g/mol. The maximum Gasteiger partial charge on any atom is 0.269 e. The second kappa shape index (κ2) is 9.27. The van der Waals surface area contributed by atoms with Crippen LogP contribution in [0.25, 0.3) is 6.08 Å². The summed E-state index contributed by atoms with van der Waals surface area (Å²) in [7, 11) is 0. The van der Waals surface area contributed by atoms with Crippen molar-refractivity contribution < 1.29 is 14.5 Å². The van der Waals surface area contributed by atoms with Crippen molar-refractivity contribution >= 4 is 23.5 Å². The molecule has 0 aliphatic rings. The quantitative estimate of drug-likeness (QED) is 0.364. The average Bonchev–Trinajstić information content (AvgIpc) is 2.73. The number of aromatic nitrogens is 1. The number of ether oxygens (including phenoxy) is 1. The lowest BCUT2D eigenvalue weighted by Gasteiger charge is -2.12. The number of nitrogens with zero attached hydrogens (tertiary/aromatic N) is 2. The van der Waals surface area contributed by atoms with E-state index in [0.29, 0.717) is 23.7 Å². The predicted octanol–water partition coefficient (Wildman–Crippen LogP) is 4.53. The number of carbonyl (C=O) groups excluding carboxylic acids is 1. The Labute approximate surface area is 167 Å². The van der Waals surface area contributed by atoms with Crippen molar-refractivity contribution in [3.63, 3.8) is 0 Å². The van der Waals surface area contributed by atoms with Gasteiger partial charge in [-0.3, -0.25) is 14.9 Å². The molecule has 0 aliphatic carbocycles. The zero-order valence-electron chi connectivity index (χ0n) is 15.7. The first-order chi connectivity index (χ1) is 14.0. The van der Waals surface area contributed by atoms with Crippen molar-refractivity contribution in [2.24, 2.45) is 0 Å². The second-order valence-electron chi connectivity index (χ2n) is 6.24. The summed E-state index contributed by atoms with van der Waals surface area (Å²) in [5.74, 6) is 0.398. The first-order valence-electron chi connectivity index (χ1n) is 8.89. The first-order valence-corrected chi connectivity index (χ1v) is 8.89. The summed E-state index contributed by atoms with van der Waals surface area (Å²) in [6.45, 7) is 2.37. The van der Waals surface area contributed by atoms with Gasteiger partial charge in [0.25, 0.3) is 5.69 Å². The van der Waals surface area contributed by atoms with Gasteiger partial charge in [0.2, 0.25) is 5.91 Å². The van der Waals surface area contributed by atoms with Crippen molar-refractivity contribution in [2.45, 2.75) is 13.5 Å². The molecule has 0 saturated heterocycles. The summed E-state index contributed by atoms with van der Waals surface area (Å²) in [5, 5.41) is 13.4. The Kier molecular flexibility index (Phi) is 6.32. The molecule has 0 atom stereocenters. The van der Waals surface area contributed by atoms with Gasteiger partial charge >= 0.3 is 0 Å². The van der Waals surface area contributed by atoms with Crippen LogP contribution in [0, 0.1) is 17.0 Å². The van der Waals surface area contributed by atoms with Crippen LogP contribution in [0.3, 0.4) is 0 Å². The van der Waals surface area contributed by atoms with E-state index in [1.165, 1.54) is 18.2 Å². The van der Waals surface area contributed by atoms with Crippen LogP contribution >= 0.6 is 0 Å². The molecule has 0 spiro atoms. The topological polar surface area (TPSA) is 94.4 Å². The number of hydrogen-bond donors (Lipinski definition) is 1. The van der Waals surface area contributed by atoms with Gasteiger partial charge in [0.05, 0.1) is 4.92 Å². The van der Waals surface area contributed by atoms with Gasteiger partial charge in [-0.25, -0.2) is 4.98 Å². The van der Waals surface area contributed by atoms with Crippen molar-refractivity contribution in [2.75, 3.05) is 5.32 Å². The largest absolute Gasteiger partial charge is 0.485 e. The van der Waals surface area contributed by atoms with E-state index in [0.717, 1.165) is 11.1 Å². The van der Waals surface area contributed by atoms with Gasteiger partial charge in [-0.05, 0) is 54.0 Å². The SMILES string of the molecule is Cc1ccccc1COc1cccnc1NC(=O)/C=C/c1ccc([N+](=O)[O-])cc1. The Hall–Kier alpha value is -4.00. The highest BCUT2D eigenvalue weighted by Crippen LogP contribution is 2.23. The molecule has 2 aromatic carbocycles. The second-order valence-corrected chi connectivity index (χ2v) is 6.24. The molecule has 0 radical (unpaired) electrons. The summed E-state index contributed by atoms with van der Waals surface area (Å²) in [6, 6.07) is 17.3. The number of rotatable bonds is 7. The molecular formula is C22H19N3O4. The number of non-ortho nitro benzene ring substituents is 1. The smallest absolute Gasteiger partial charge is 0.269 e. The summed E-state index contributed by atoms with van der Waals surface area (Å²) >= 11 is 0. The number of pyridine rings is 1. The molecule has 1 amide bonds. The van der Waals surface area contributed by atoms with E-state index in [1.54, 1.807) is 36.5 Å². The third-order valence-corrected chi connectivity index (χ3v) is 4.19. The monoisotopic (exact) mass is 389 g/mol. The Morgan fingerprint density at radius 3 is 2.62 bits per heavy atom. The molecule has 0 saturated carbocycles. The molecule has 7 nitrogen and oxygen atoms in total. The zero-order valence-corrected chi connectivity index (χ0v) is 15.7. The fourth-order valence-corrected chi connectivity index (χ4v) is 2.57. The third-order valence-electron chi connectivity index (χ3n) is 4.19. The van der Waals surface area contributed by atoms with Gasteiger partial charge < -0.3 is 10.1 Å². The molecule has 1 aromatic heterocycles. The van der Waals surface area contributed by atoms with E-state index in [-0.39, 0.29) is 11.6 Å². The molecule has 0 aliphatic heterocycles. The van der Waals surface area contributed by atoms with Crippen molar-refractivity contribution in [1.29, 1.82) is 0 Å². The van der Waals surface area contributed by atoms with Crippen LogP contribution in [0.1, 0.15) is 16.7 Å². The molecule has 3 aromatic rings. The highest BCUT2D eigenvalue weighted by Gasteiger charge is 2.08. The lowest BCUT2D eigenvalue weighted by Crippen LogP contribution is -2.11. The van der Waals surface area contributed by atoms with Gasteiger partial charge in [-0.1, -0.05) is 24.3 Å². The van der Waals surface area contributed by atoms with Crippen LogP contribution in [0.5, 0.6) is 5.75 Å². The Morgan fingerprint density at radius 1 is 1.14 bits per heavy atom. The number of benzene rings is 2. The van der Waals surface area contributed by atoms with E-state index < -0.39 is 4.92 Å². The molecule has 3 rings (SSSR count). The van der Waals surface area contributed by atoms with Crippen molar-refractivity contribution in [3.8, 4) is 5.75 Å². The zero-order chi connectivity index (χ0) is 20.6. The van der Waals surface area contributed by atoms with Crippen molar-refractivity contribution in [1.82, 2.24) is 4.98 Å². The number of nitro groups is 1. The Balaban J connectivity index is 1.64. The minimum atomic E-state index is -0.472. The molecule has 1 heterocycles. The van der Waals surface area contributed by atoms with Crippen LogP contribution in [-0.4, -0.2) is 15.8 Å². The molecule has 146 valence electrons. The van der Waals surface area contributed by atoms with Crippen molar-refractivity contribution in [3.05, 3.63) is 99.7 Å². The maximum absolute atomic E-state index is 12.2.